The second kappa shape index (κ2) is 6.80. The van der Waals surface area contributed by atoms with Crippen LogP contribution in [0.4, 0.5) is 0 Å². The SMILES string of the molecule is CCCCC[CH2][SnH3]. The van der Waals surface area contributed by atoms with Crippen LogP contribution in [0.25, 0.3) is 0 Å². The third kappa shape index (κ3) is 6.80. The molecule has 0 aromatic rings. The van der Waals surface area contributed by atoms with Crippen molar-refractivity contribution in [2.24, 2.45) is 0 Å². The topological polar surface area (TPSA) is 0 Å². The summed E-state index contributed by atoms with van der Waals surface area (Å²) < 4.78 is 1.57. The van der Waals surface area contributed by atoms with Gasteiger partial charge in [0.15, 0.2) is 0 Å². The summed E-state index contributed by atoms with van der Waals surface area (Å²) in [5, 5.41) is 0. The zero-order valence-corrected chi connectivity index (χ0v) is 11.2. The summed E-state index contributed by atoms with van der Waals surface area (Å²) in [6, 6.07) is 0. The monoisotopic (exact) mass is 208 g/mol. The van der Waals surface area contributed by atoms with Crippen LogP contribution < -0.4 is 0 Å². The third-order valence-corrected chi connectivity index (χ3v) is 3.23. The van der Waals surface area contributed by atoms with Gasteiger partial charge in [-0.05, 0) is 0 Å². The molecule has 0 aromatic carbocycles. The predicted octanol–water partition coefficient (Wildman–Crippen LogP) is 1.35. The first kappa shape index (κ1) is 7.80. The number of unbranched alkanes of at least 4 members (excludes halogenated alkanes) is 3. The van der Waals surface area contributed by atoms with Gasteiger partial charge in [-0.1, -0.05) is 0 Å². The quantitative estimate of drug-likeness (QED) is 0.482. The van der Waals surface area contributed by atoms with Crippen LogP contribution in [0.15, 0.2) is 0 Å². The number of hydrogen-bond donors (Lipinski definition) is 0. The second-order valence-corrected chi connectivity index (χ2v) is 4.91. The first-order chi connectivity index (χ1) is 3.41. The van der Waals surface area contributed by atoms with E-state index in [9.17, 15) is 0 Å². The summed E-state index contributed by atoms with van der Waals surface area (Å²) >= 11 is 0.976. The minimum atomic E-state index is 0.976. The van der Waals surface area contributed by atoms with Crippen LogP contribution in [0.2, 0.25) is 4.44 Å². The second-order valence-electron chi connectivity index (χ2n) is 2.06. The first-order valence-corrected chi connectivity index (χ1v) is 7.45. The van der Waals surface area contributed by atoms with Gasteiger partial charge in [-0.25, -0.2) is 0 Å². The van der Waals surface area contributed by atoms with Gasteiger partial charge in [0.1, 0.15) is 0 Å². The molecule has 1 heteroatoms. The molecule has 0 unspecified atom stereocenters. The molecule has 0 N–H and O–H groups in total. The minimum absolute atomic E-state index is 0.976. The van der Waals surface area contributed by atoms with Gasteiger partial charge < -0.3 is 0 Å². The molecule has 7 heavy (non-hydrogen) atoms. The van der Waals surface area contributed by atoms with Crippen LogP contribution in [0.5, 0.6) is 0 Å². The molecule has 0 radical (unpaired) electrons. The van der Waals surface area contributed by atoms with Gasteiger partial charge in [0.25, 0.3) is 0 Å². The van der Waals surface area contributed by atoms with Gasteiger partial charge in [-0.15, -0.1) is 0 Å². The molecule has 0 atom stereocenters. The summed E-state index contributed by atoms with van der Waals surface area (Å²) in [5.41, 5.74) is 0. The van der Waals surface area contributed by atoms with Crippen molar-refractivity contribution in [2.75, 3.05) is 0 Å². The van der Waals surface area contributed by atoms with E-state index in [-0.39, 0.29) is 0 Å². The molecule has 0 spiro atoms. The zero-order valence-electron chi connectivity index (χ0n) is 5.54. The van der Waals surface area contributed by atoms with E-state index in [1.165, 1.54) is 25.7 Å². The molecule has 0 fully saturated rings. The fourth-order valence-electron chi connectivity index (χ4n) is 0.677. The van der Waals surface area contributed by atoms with Crippen molar-refractivity contribution >= 4 is 22.5 Å². The Morgan fingerprint density at radius 2 is 1.86 bits per heavy atom. The van der Waals surface area contributed by atoms with E-state index in [0.717, 1.165) is 22.5 Å². The molecule has 0 bridgehead atoms. The van der Waals surface area contributed by atoms with Crippen LogP contribution in [0.3, 0.4) is 0 Å². The van der Waals surface area contributed by atoms with Crippen LogP contribution in [0, 0.1) is 0 Å². The zero-order chi connectivity index (χ0) is 5.54. The normalized spacial score (nSPS) is 9.86. The molecule has 0 aliphatic heterocycles. The van der Waals surface area contributed by atoms with E-state index in [0.29, 0.717) is 0 Å². The maximum absolute atomic E-state index is 2.26. The molecule has 0 aliphatic carbocycles. The molecule has 0 aromatic heterocycles. The van der Waals surface area contributed by atoms with Gasteiger partial charge in [0.2, 0.25) is 0 Å². The molecule has 0 aliphatic rings. The Balaban J connectivity index is 2.45. The molecule has 0 saturated heterocycles. The van der Waals surface area contributed by atoms with Gasteiger partial charge in [0.05, 0.1) is 0 Å². The summed E-state index contributed by atoms with van der Waals surface area (Å²) in [7, 11) is 0. The Labute approximate surface area is 59.8 Å². The van der Waals surface area contributed by atoms with Crippen molar-refractivity contribution < 1.29 is 0 Å². The van der Waals surface area contributed by atoms with E-state index in [1.54, 1.807) is 4.44 Å². The fraction of sp³-hybridized carbons (Fsp3) is 1.00. The van der Waals surface area contributed by atoms with Crippen LogP contribution in [-0.2, 0) is 0 Å². The Bertz CT molecular complexity index is 23.4. The van der Waals surface area contributed by atoms with Gasteiger partial charge >= 0.3 is 59.6 Å². The van der Waals surface area contributed by atoms with E-state index >= 15 is 0 Å². The number of rotatable bonds is 4. The average molecular weight is 207 g/mol. The maximum atomic E-state index is 2.26. The summed E-state index contributed by atoms with van der Waals surface area (Å²) in [6.07, 6.45) is 5.85. The van der Waals surface area contributed by atoms with E-state index in [1.807, 2.05) is 0 Å². The third-order valence-electron chi connectivity index (χ3n) is 1.21. The Morgan fingerprint density at radius 1 is 1.14 bits per heavy atom. The van der Waals surface area contributed by atoms with Crippen molar-refractivity contribution in [1.29, 1.82) is 0 Å². The standard InChI is InChI=1S/C6H13.Sn.3H/c1-3-5-6-4-2;;;;/h1,3-6H2,2H3;;;;. The van der Waals surface area contributed by atoms with Crippen molar-refractivity contribution in [3.8, 4) is 0 Å². The molecule has 44 valence electrons. The van der Waals surface area contributed by atoms with Crippen molar-refractivity contribution in [1.82, 2.24) is 0 Å². The Morgan fingerprint density at radius 3 is 2.29 bits per heavy atom. The van der Waals surface area contributed by atoms with Gasteiger partial charge in [0, 0.05) is 0 Å². The Kier molecular flexibility index (Phi) is 7.57. The van der Waals surface area contributed by atoms with Gasteiger partial charge in [-0.2, -0.15) is 0 Å². The van der Waals surface area contributed by atoms with E-state index in [4.69, 9.17) is 0 Å². The molecule has 0 heterocycles. The van der Waals surface area contributed by atoms with Crippen molar-refractivity contribution in [2.45, 2.75) is 37.0 Å². The molecular formula is C6H16Sn. The van der Waals surface area contributed by atoms with Crippen LogP contribution in [-0.4, -0.2) is 22.5 Å². The molecule has 0 saturated carbocycles. The van der Waals surface area contributed by atoms with Crippen molar-refractivity contribution in [3.63, 3.8) is 0 Å². The summed E-state index contributed by atoms with van der Waals surface area (Å²) in [4.78, 5) is 0. The predicted molar refractivity (Wildman–Crippen MR) is 38.9 cm³/mol. The summed E-state index contributed by atoms with van der Waals surface area (Å²) in [6.45, 7) is 2.26. The average Bonchev–Trinajstić information content (AvgIpc) is 1.69. The Hall–Kier alpha value is 0.799. The van der Waals surface area contributed by atoms with Gasteiger partial charge in [-0.3, -0.25) is 0 Å². The van der Waals surface area contributed by atoms with E-state index in [2.05, 4.69) is 6.92 Å². The van der Waals surface area contributed by atoms with Crippen molar-refractivity contribution in [3.05, 3.63) is 0 Å². The number of hydrogen-bond acceptors (Lipinski definition) is 0. The summed E-state index contributed by atoms with van der Waals surface area (Å²) in [5.74, 6) is 0. The molecule has 0 amide bonds. The fourth-order valence-corrected chi connectivity index (χ4v) is 2.10. The molecular weight excluding hydrogens is 191 g/mol. The van der Waals surface area contributed by atoms with Crippen LogP contribution in [0.1, 0.15) is 32.6 Å². The molecule has 0 nitrogen and oxygen atoms in total. The van der Waals surface area contributed by atoms with Crippen LogP contribution >= 0.6 is 0 Å². The molecule has 0 rings (SSSR count). The first-order valence-electron chi connectivity index (χ1n) is 3.41. The van der Waals surface area contributed by atoms with E-state index < -0.39 is 0 Å².